The number of rotatable bonds is 3. The van der Waals surface area contributed by atoms with Gasteiger partial charge in [0.15, 0.2) is 0 Å². The van der Waals surface area contributed by atoms with E-state index in [4.69, 9.17) is 4.98 Å². The minimum Gasteiger partial charge on any atom is -0.349 e. The summed E-state index contributed by atoms with van der Waals surface area (Å²) in [5.41, 5.74) is 5.20. The summed E-state index contributed by atoms with van der Waals surface area (Å²) in [6.45, 7) is 8.31. The zero-order chi connectivity index (χ0) is 17.6. The van der Waals surface area contributed by atoms with E-state index in [1.54, 1.807) is 0 Å². The van der Waals surface area contributed by atoms with E-state index in [9.17, 15) is 4.79 Å². The van der Waals surface area contributed by atoms with Gasteiger partial charge in [-0.3, -0.25) is 9.78 Å². The smallest absolute Gasteiger partial charge is 0.252 e. The molecule has 4 nitrogen and oxygen atoms in total. The van der Waals surface area contributed by atoms with Crippen molar-refractivity contribution >= 4 is 16.8 Å². The third-order valence-electron chi connectivity index (χ3n) is 5.61. The topological polar surface area (TPSA) is 54.0 Å². The zero-order valence-electron chi connectivity index (χ0n) is 15.4. The van der Waals surface area contributed by atoms with Crippen LogP contribution in [0.1, 0.15) is 59.3 Å². The second-order valence-electron chi connectivity index (χ2n) is 7.90. The molecule has 1 aromatic heterocycles. The van der Waals surface area contributed by atoms with Gasteiger partial charge >= 0.3 is 0 Å². The van der Waals surface area contributed by atoms with E-state index >= 15 is 0 Å². The van der Waals surface area contributed by atoms with Crippen molar-refractivity contribution in [1.29, 1.82) is 0 Å². The summed E-state index contributed by atoms with van der Waals surface area (Å²) in [4.78, 5) is 18.0. The molecule has 0 bridgehead atoms. The van der Waals surface area contributed by atoms with Crippen molar-refractivity contribution in [2.24, 2.45) is 5.92 Å². The van der Waals surface area contributed by atoms with Crippen LogP contribution in [0.5, 0.6) is 0 Å². The highest BCUT2D eigenvalue weighted by Crippen LogP contribution is 2.40. The first-order valence-electron chi connectivity index (χ1n) is 9.46. The first kappa shape index (κ1) is 16.5. The van der Waals surface area contributed by atoms with Crippen LogP contribution in [0.2, 0.25) is 0 Å². The van der Waals surface area contributed by atoms with E-state index in [1.807, 2.05) is 6.07 Å². The molecule has 1 saturated carbocycles. The molecule has 1 aromatic carbocycles. The number of aromatic nitrogens is 1. The van der Waals surface area contributed by atoms with E-state index in [1.165, 1.54) is 18.4 Å². The molecule has 2 unspecified atom stereocenters. The van der Waals surface area contributed by atoms with Crippen LogP contribution in [0.25, 0.3) is 10.9 Å². The summed E-state index contributed by atoms with van der Waals surface area (Å²) < 4.78 is 0. The van der Waals surface area contributed by atoms with Crippen molar-refractivity contribution in [2.45, 2.75) is 52.0 Å². The van der Waals surface area contributed by atoms with Gasteiger partial charge in [0, 0.05) is 23.0 Å². The monoisotopic (exact) mass is 337 g/mol. The molecule has 132 valence electrons. The standard InChI is InChI=1S/C21H27N3O/c1-12-8-13(2)20-16(9-12)17(10-19(23-20)15-4-5-15)21(25)24-18-6-7-22-11-14(18)3/h8-10,14-15,18,22H,4-7,11H2,1-3H3,(H,24,25). The van der Waals surface area contributed by atoms with Crippen LogP contribution in [0.4, 0.5) is 0 Å². The van der Waals surface area contributed by atoms with Gasteiger partial charge in [-0.25, -0.2) is 0 Å². The van der Waals surface area contributed by atoms with Gasteiger partial charge in [-0.05, 0) is 69.8 Å². The minimum absolute atomic E-state index is 0.0537. The maximum absolute atomic E-state index is 13.1. The maximum atomic E-state index is 13.1. The number of hydrogen-bond donors (Lipinski definition) is 2. The molecule has 2 aliphatic rings. The number of carbonyl (C=O) groups excluding carboxylic acids is 1. The lowest BCUT2D eigenvalue weighted by molar-refractivity contribution is 0.0915. The molecular formula is C21H27N3O. The van der Waals surface area contributed by atoms with E-state index in [0.717, 1.165) is 47.2 Å². The lowest BCUT2D eigenvalue weighted by Crippen LogP contribution is -2.48. The molecule has 0 radical (unpaired) electrons. The number of amides is 1. The van der Waals surface area contributed by atoms with Gasteiger partial charge < -0.3 is 10.6 Å². The van der Waals surface area contributed by atoms with E-state index in [-0.39, 0.29) is 11.9 Å². The normalized spacial score (nSPS) is 23.6. The van der Waals surface area contributed by atoms with Crippen molar-refractivity contribution in [3.63, 3.8) is 0 Å². The van der Waals surface area contributed by atoms with E-state index in [0.29, 0.717) is 11.8 Å². The number of fused-ring (bicyclic) bond motifs is 1. The van der Waals surface area contributed by atoms with Crippen LogP contribution >= 0.6 is 0 Å². The van der Waals surface area contributed by atoms with Crippen LogP contribution in [-0.4, -0.2) is 30.0 Å². The lowest BCUT2D eigenvalue weighted by atomic mass is 9.94. The Morgan fingerprint density at radius 1 is 1.20 bits per heavy atom. The van der Waals surface area contributed by atoms with Crippen molar-refractivity contribution < 1.29 is 4.79 Å². The average Bonchev–Trinajstić information content (AvgIpc) is 3.41. The average molecular weight is 337 g/mol. The third kappa shape index (κ3) is 3.28. The highest BCUT2D eigenvalue weighted by molar-refractivity contribution is 6.07. The number of nitrogens with zero attached hydrogens (tertiary/aromatic N) is 1. The number of carbonyl (C=O) groups is 1. The maximum Gasteiger partial charge on any atom is 0.252 e. The summed E-state index contributed by atoms with van der Waals surface area (Å²) in [7, 11) is 0. The van der Waals surface area contributed by atoms with Crippen molar-refractivity contribution in [2.75, 3.05) is 13.1 Å². The van der Waals surface area contributed by atoms with Gasteiger partial charge in [-0.1, -0.05) is 18.6 Å². The largest absolute Gasteiger partial charge is 0.349 e. The highest BCUT2D eigenvalue weighted by atomic mass is 16.1. The van der Waals surface area contributed by atoms with Gasteiger partial charge in [-0.15, -0.1) is 0 Å². The Bertz CT molecular complexity index is 825. The Morgan fingerprint density at radius 2 is 2.00 bits per heavy atom. The Balaban J connectivity index is 1.75. The summed E-state index contributed by atoms with van der Waals surface area (Å²) >= 11 is 0. The highest BCUT2D eigenvalue weighted by Gasteiger charge is 2.28. The number of benzene rings is 1. The number of piperidine rings is 1. The Morgan fingerprint density at radius 3 is 2.72 bits per heavy atom. The Labute approximate surface area is 149 Å². The summed E-state index contributed by atoms with van der Waals surface area (Å²) in [6, 6.07) is 6.54. The predicted molar refractivity (Wildman–Crippen MR) is 101 cm³/mol. The fraction of sp³-hybridized carbons (Fsp3) is 0.524. The van der Waals surface area contributed by atoms with Crippen molar-refractivity contribution in [3.05, 3.63) is 40.6 Å². The van der Waals surface area contributed by atoms with E-state index < -0.39 is 0 Å². The van der Waals surface area contributed by atoms with Gasteiger partial charge in [-0.2, -0.15) is 0 Å². The second-order valence-corrected chi connectivity index (χ2v) is 7.90. The first-order valence-corrected chi connectivity index (χ1v) is 9.46. The van der Waals surface area contributed by atoms with Crippen LogP contribution in [0.15, 0.2) is 18.2 Å². The zero-order valence-corrected chi connectivity index (χ0v) is 15.4. The lowest BCUT2D eigenvalue weighted by Gasteiger charge is -2.30. The molecule has 25 heavy (non-hydrogen) atoms. The Hall–Kier alpha value is -1.94. The molecule has 1 saturated heterocycles. The molecule has 0 spiro atoms. The van der Waals surface area contributed by atoms with Crippen molar-refractivity contribution in [3.8, 4) is 0 Å². The van der Waals surface area contributed by atoms with Crippen LogP contribution in [0.3, 0.4) is 0 Å². The quantitative estimate of drug-likeness (QED) is 0.902. The predicted octanol–water partition coefficient (Wildman–Crippen LogP) is 3.46. The number of pyridine rings is 1. The van der Waals surface area contributed by atoms with E-state index in [2.05, 4.69) is 43.5 Å². The fourth-order valence-electron chi connectivity index (χ4n) is 3.95. The molecule has 1 aliphatic carbocycles. The molecular weight excluding hydrogens is 310 g/mol. The second kappa shape index (κ2) is 6.41. The summed E-state index contributed by atoms with van der Waals surface area (Å²) in [5, 5.41) is 7.68. The molecule has 2 fully saturated rings. The molecule has 1 aliphatic heterocycles. The van der Waals surface area contributed by atoms with Gasteiger partial charge in [0.1, 0.15) is 0 Å². The van der Waals surface area contributed by atoms with Gasteiger partial charge in [0.05, 0.1) is 11.1 Å². The fourth-order valence-corrected chi connectivity index (χ4v) is 3.95. The summed E-state index contributed by atoms with van der Waals surface area (Å²) in [6.07, 6.45) is 3.37. The minimum atomic E-state index is 0.0537. The molecule has 4 rings (SSSR count). The van der Waals surface area contributed by atoms with Gasteiger partial charge in [0.25, 0.3) is 5.91 Å². The molecule has 1 amide bonds. The number of hydrogen-bond acceptors (Lipinski definition) is 3. The van der Waals surface area contributed by atoms with Crippen LogP contribution in [-0.2, 0) is 0 Å². The first-order chi connectivity index (χ1) is 12.0. The van der Waals surface area contributed by atoms with Crippen LogP contribution < -0.4 is 10.6 Å². The number of aryl methyl sites for hydroxylation is 2. The number of nitrogens with one attached hydrogen (secondary N) is 2. The molecule has 2 heterocycles. The SMILES string of the molecule is Cc1cc(C)c2nc(C3CC3)cc(C(=O)NC3CCNCC3C)c2c1. The summed E-state index contributed by atoms with van der Waals surface area (Å²) in [5.74, 6) is 1.05. The third-order valence-corrected chi connectivity index (χ3v) is 5.61. The molecule has 4 heteroatoms. The molecule has 2 aromatic rings. The van der Waals surface area contributed by atoms with Crippen molar-refractivity contribution in [1.82, 2.24) is 15.6 Å². The van der Waals surface area contributed by atoms with Gasteiger partial charge in [0.2, 0.25) is 0 Å². The Kier molecular flexibility index (Phi) is 4.24. The molecule has 2 atom stereocenters. The van der Waals surface area contributed by atoms with Crippen LogP contribution in [0, 0.1) is 19.8 Å². The molecule has 2 N–H and O–H groups in total.